The summed E-state index contributed by atoms with van der Waals surface area (Å²) >= 11 is 1.47. The monoisotopic (exact) mass is 217 g/mol. The molecule has 0 bridgehead atoms. The smallest absolute Gasteiger partial charge is 0.148 e. The fraction of sp³-hybridized carbons (Fsp3) is 0.0833. The van der Waals surface area contributed by atoms with Crippen molar-refractivity contribution in [1.29, 1.82) is 0 Å². The molecule has 0 spiro atoms. The Morgan fingerprint density at radius 2 is 1.80 bits per heavy atom. The van der Waals surface area contributed by atoms with Crippen molar-refractivity contribution in [1.82, 2.24) is 4.98 Å². The summed E-state index contributed by atoms with van der Waals surface area (Å²) in [6.07, 6.45) is 0. The summed E-state index contributed by atoms with van der Waals surface area (Å²) in [5.41, 5.74) is 0.909. The molecule has 0 amide bonds. The van der Waals surface area contributed by atoms with E-state index in [4.69, 9.17) is 0 Å². The lowest BCUT2D eigenvalue weighted by atomic mass is 10.4. The van der Waals surface area contributed by atoms with E-state index in [9.17, 15) is 5.11 Å². The number of aromatic hydroxyl groups is 1. The third kappa shape index (κ3) is 2.50. The van der Waals surface area contributed by atoms with Gasteiger partial charge in [-0.1, -0.05) is 30.0 Å². The predicted octanol–water partition coefficient (Wildman–Crippen LogP) is 3.25. The van der Waals surface area contributed by atoms with Crippen LogP contribution in [0.3, 0.4) is 0 Å². The molecule has 0 aliphatic heterocycles. The molecule has 0 fully saturated rings. The Morgan fingerprint density at radius 3 is 2.53 bits per heavy atom. The van der Waals surface area contributed by atoms with E-state index in [1.807, 2.05) is 37.3 Å². The van der Waals surface area contributed by atoms with Crippen molar-refractivity contribution in [3.8, 4) is 5.75 Å². The molecule has 0 aliphatic rings. The first-order valence-corrected chi connectivity index (χ1v) is 5.47. The highest BCUT2D eigenvalue weighted by Crippen LogP contribution is 2.32. The molecule has 1 heterocycles. The van der Waals surface area contributed by atoms with Crippen molar-refractivity contribution in [3.05, 3.63) is 48.2 Å². The summed E-state index contributed by atoms with van der Waals surface area (Å²) in [4.78, 5) is 5.36. The molecule has 1 N–H and O–H groups in total. The Kier molecular flexibility index (Phi) is 2.92. The van der Waals surface area contributed by atoms with Crippen LogP contribution in [-0.4, -0.2) is 10.1 Å². The Morgan fingerprint density at radius 1 is 1.07 bits per heavy atom. The number of pyridine rings is 1. The van der Waals surface area contributed by atoms with Gasteiger partial charge in [-0.2, -0.15) is 0 Å². The number of hydrogen-bond acceptors (Lipinski definition) is 3. The van der Waals surface area contributed by atoms with Gasteiger partial charge in [-0.05, 0) is 31.2 Å². The van der Waals surface area contributed by atoms with Crippen LogP contribution in [0.2, 0.25) is 0 Å². The topological polar surface area (TPSA) is 33.1 Å². The van der Waals surface area contributed by atoms with E-state index in [1.165, 1.54) is 11.8 Å². The standard InChI is InChI=1S/C12H11NOS/c1-9-7-8-11(14)12(13-9)15-10-5-3-2-4-6-10/h2-8,14H,1H3. The summed E-state index contributed by atoms with van der Waals surface area (Å²) in [6, 6.07) is 13.4. The number of aryl methyl sites for hydroxylation is 1. The second kappa shape index (κ2) is 4.36. The average molecular weight is 217 g/mol. The fourth-order valence-corrected chi connectivity index (χ4v) is 2.08. The number of nitrogens with zero attached hydrogens (tertiary/aromatic N) is 1. The van der Waals surface area contributed by atoms with Gasteiger partial charge >= 0.3 is 0 Å². The first-order valence-electron chi connectivity index (χ1n) is 4.65. The van der Waals surface area contributed by atoms with Gasteiger partial charge in [0.2, 0.25) is 0 Å². The minimum Gasteiger partial charge on any atom is -0.505 e. The van der Waals surface area contributed by atoms with Crippen LogP contribution in [0.25, 0.3) is 0 Å². The van der Waals surface area contributed by atoms with E-state index in [1.54, 1.807) is 12.1 Å². The van der Waals surface area contributed by atoms with Crippen LogP contribution in [0.15, 0.2) is 52.4 Å². The summed E-state index contributed by atoms with van der Waals surface area (Å²) in [6.45, 7) is 1.91. The lowest BCUT2D eigenvalue weighted by Crippen LogP contribution is -1.84. The molecule has 0 saturated heterocycles. The molecule has 0 atom stereocenters. The van der Waals surface area contributed by atoms with Gasteiger partial charge in [-0.3, -0.25) is 0 Å². The molecule has 0 saturated carbocycles. The molecule has 2 aromatic rings. The molecule has 1 aromatic carbocycles. The van der Waals surface area contributed by atoms with E-state index in [0.29, 0.717) is 5.03 Å². The highest BCUT2D eigenvalue weighted by Gasteiger charge is 2.04. The quantitative estimate of drug-likeness (QED) is 0.838. The predicted molar refractivity (Wildman–Crippen MR) is 61.2 cm³/mol. The Balaban J connectivity index is 2.28. The van der Waals surface area contributed by atoms with Gasteiger partial charge in [0, 0.05) is 10.6 Å². The van der Waals surface area contributed by atoms with Gasteiger partial charge in [-0.15, -0.1) is 0 Å². The zero-order valence-corrected chi connectivity index (χ0v) is 9.16. The molecule has 3 heteroatoms. The lowest BCUT2D eigenvalue weighted by molar-refractivity contribution is 0.456. The number of hydrogen-bond donors (Lipinski definition) is 1. The van der Waals surface area contributed by atoms with E-state index < -0.39 is 0 Å². The second-order valence-electron chi connectivity index (χ2n) is 3.19. The van der Waals surface area contributed by atoms with E-state index in [0.717, 1.165) is 10.6 Å². The maximum absolute atomic E-state index is 9.61. The summed E-state index contributed by atoms with van der Waals surface area (Å²) in [7, 11) is 0. The SMILES string of the molecule is Cc1ccc(O)c(Sc2ccccc2)n1. The van der Waals surface area contributed by atoms with E-state index >= 15 is 0 Å². The molecule has 1 aromatic heterocycles. The van der Waals surface area contributed by atoms with Crippen LogP contribution in [0.1, 0.15) is 5.69 Å². The minimum absolute atomic E-state index is 0.231. The fourth-order valence-electron chi connectivity index (χ4n) is 1.20. The maximum Gasteiger partial charge on any atom is 0.148 e. The lowest BCUT2D eigenvalue weighted by Gasteiger charge is -2.03. The van der Waals surface area contributed by atoms with Crippen molar-refractivity contribution >= 4 is 11.8 Å². The van der Waals surface area contributed by atoms with Gasteiger partial charge in [0.1, 0.15) is 10.8 Å². The van der Waals surface area contributed by atoms with Gasteiger partial charge < -0.3 is 5.11 Å². The summed E-state index contributed by atoms with van der Waals surface area (Å²) < 4.78 is 0. The number of benzene rings is 1. The zero-order valence-electron chi connectivity index (χ0n) is 8.34. The largest absolute Gasteiger partial charge is 0.505 e. The zero-order chi connectivity index (χ0) is 10.7. The van der Waals surface area contributed by atoms with Crippen molar-refractivity contribution in [2.45, 2.75) is 16.8 Å². The van der Waals surface area contributed by atoms with E-state index in [-0.39, 0.29) is 5.75 Å². The molecule has 0 radical (unpaired) electrons. The van der Waals surface area contributed by atoms with Crippen molar-refractivity contribution in [2.24, 2.45) is 0 Å². The summed E-state index contributed by atoms with van der Waals surface area (Å²) in [5.74, 6) is 0.231. The molecular formula is C12H11NOS. The highest BCUT2D eigenvalue weighted by atomic mass is 32.2. The molecule has 0 unspecified atom stereocenters. The first-order chi connectivity index (χ1) is 7.25. The van der Waals surface area contributed by atoms with Gasteiger partial charge in [-0.25, -0.2) is 4.98 Å². The molecular weight excluding hydrogens is 206 g/mol. The summed E-state index contributed by atoms with van der Waals surface area (Å²) in [5, 5.41) is 10.3. The average Bonchev–Trinajstić information content (AvgIpc) is 2.25. The Bertz CT molecular complexity index is 456. The van der Waals surface area contributed by atoms with E-state index in [2.05, 4.69) is 4.98 Å². The second-order valence-corrected chi connectivity index (χ2v) is 4.25. The van der Waals surface area contributed by atoms with Crippen molar-refractivity contribution in [2.75, 3.05) is 0 Å². The van der Waals surface area contributed by atoms with Gasteiger partial charge in [0.05, 0.1) is 0 Å². The maximum atomic E-state index is 9.61. The molecule has 2 nitrogen and oxygen atoms in total. The molecule has 0 aliphatic carbocycles. The van der Waals surface area contributed by atoms with Crippen LogP contribution in [0.4, 0.5) is 0 Å². The number of aromatic nitrogens is 1. The van der Waals surface area contributed by atoms with Crippen molar-refractivity contribution in [3.63, 3.8) is 0 Å². The number of rotatable bonds is 2. The van der Waals surface area contributed by atoms with Crippen LogP contribution < -0.4 is 0 Å². The van der Waals surface area contributed by atoms with Gasteiger partial charge in [0.15, 0.2) is 0 Å². The normalized spacial score (nSPS) is 10.2. The Hall–Kier alpha value is -1.48. The van der Waals surface area contributed by atoms with Crippen LogP contribution in [-0.2, 0) is 0 Å². The van der Waals surface area contributed by atoms with Crippen LogP contribution in [0.5, 0.6) is 5.75 Å². The highest BCUT2D eigenvalue weighted by molar-refractivity contribution is 7.99. The third-order valence-electron chi connectivity index (χ3n) is 1.94. The van der Waals surface area contributed by atoms with Crippen LogP contribution >= 0.6 is 11.8 Å². The molecule has 76 valence electrons. The van der Waals surface area contributed by atoms with Crippen LogP contribution in [0, 0.1) is 6.92 Å². The molecule has 15 heavy (non-hydrogen) atoms. The third-order valence-corrected chi connectivity index (χ3v) is 2.94. The molecule has 2 rings (SSSR count). The minimum atomic E-state index is 0.231. The first kappa shape index (κ1) is 10.1. The van der Waals surface area contributed by atoms with Gasteiger partial charge in [0.25, 0.3) is 0 Å². The van der Waals surface area contributed by atoms with Crippen molar-refractivity contribution < 1.29 is 5.11 Å². The Labute approximate surface area is 93.0 Å².